The summed E-state index contributed by atoms with van der Waals surface area (Å²) < 4.78 is 0. The first-order valence-electron chi connectivity index (χ1n) is 4.76. The van der Waals surface area contributed by atoms with Crippen molar-refractivity contribution in [2.24, 2.45) is 5.73 Å². The number of carboxylic acids is 1. The van der Waals surface area contributed by atoms with Crippen molar-refractivity contribution in [1.29, 1.82) is 0 Å². The van der Waals surface area contributed by atoms with Crippen molar-refractivity contribution >= 4 is 17.8 Å². The van der Waals surface area contributed by atoms with Crippen LogP contribution in [0.25, 0.3) is 0 Å². The lowest BCUT2D eigenvalue weighted by Gasteiger charge is -2.03. The van der Waals surface area contributed by atoms with Gasteiger partial charge in [-0.1, -0.05) is 0 Å². The second-order valence-electron chi connectivity index (χ2n) is 3.21. The van der Waals surface area contributed by atoms with Crippen LogP contribution >= 0.6 is 0 Å². The standard InChI is InChI=1S/C10H11N3O4/c11-8(14)3-4-12-9(15)7-2-1-6(5-13-7)10(16)17/h1-2,5H,3-4H2,(H2,11,14)(H,12,15)(H,16,17). The van der Waals surface area contributed by atoms with Gasteiger partial charge in [-0.2, -0.15) is 0 Å². The second kappa shape index (κ2) is 5.59. The number of carbonyl (C=O) groups is 3. The van der Waals surface area contributed by atoms with Gasteiger partial charge in [0, 0.05) is 19.2 Å². The summed E-state index contributed by atoms with van der Waals surface area (Å²) in [6.45, 7) is 0.122. The zero-order valence-electron chi connectivity index (χ0n) is 8.84. The smallest absolute Gasteiger partial charge is 0.337 e. The Hall–Kier alpha value is -2.44. The maximum atomic E-state index is 11.4. The summed E-state index contributed by atoms with van der Waals surface area (Å²) in [4.78, 5) is 36.1. The third kappa shape index (κ3) is 3.90. The van der Waals surface area contributed by atoms with Crippen LogP contribution < -0.4 is 11.1 Å². The van der Waals surface area contributed by atoms with E-state index in [9.17, 15) is 14.4 Å². The Morgan fingerprint density at radius 1 is 1.35 bits per heavy atom. The Labute approximate surface area is 96.6 Å². The zero-order valence-corrected chi connectivity index (χ0v) is 8.84. The fourth-order valence-electron chi connectivity index (χ4n) is 1.04. The van der Waals surface area contributed by atoms with E-state index >= 15 is 0 Å². The number of pyridine rings is 1. The van der Waals surface area contributed by atoms with Gasteiger partial charge in [-0.05, 0) is 12.1 Å². The molecule has 0 aliphatic heterocycles. The van der Waals surface area contributed by atoms with Crippen LogP contribution in [0.3, 0.4) is 0 Å². The summed E-state index contributed by atoms with van der Waals surface area (Å²) in [6, 6.07) is 2.57. The van der Waals surface area contributed by atoms with Crippen LogP contribution in [0.4, 0.5) is 0 Å². The Balaban J connectivity index is 2.57. The molecule has 0 fully saturated rings. The number of carboxylic acid groups (broad SMARTS) is 1. The first kappa shape index (κ1) is 12.6. The molecule has 1 heterocycles. The van der Waals surface area contributed by atoms with Crippen molar-refractivity contribution in [3.8, 4) is 0 Å². The van der Waals surface area contributed by atoms with Gasteiger partial charge in [-0.3, -0.25) is 14.6 Å². The SMILES string of the molecule is NC(=O)CCNC(=O)c1ccc(C(=O)O)cn1. The van der Waals surface area contributed by atoms with Crippen molar-refractivity contribution in [1.82, 2.24) is 10.3 Å². The number of hydrogen-bond donors (Lipinski definition) is 3. The van der Waals surface area contributed by atoms with Gasteiger partial charge in [0.05, 0.1) is 5.56 Å². The molecule has 0 aromatic carbocycles. The Bertz CT molecular complexity index is 441. The summed E-state index contributed by atoms with van der Waals surface area (Å²) in [5.74, 6) is -2.11. The highest BCUT2D eigenvalue weighted by molar-refractivity contribution is 5.93. The maximum absolute atomic E-state index is 11.4. The van der Waals surface area contributed by atoms with Gasteiger partial charge >= 0.3 is 5.97 Å². The molecule has 0 unspecified atom stereocenters. The number of nitrogens with two attached hydrogens (primary N) is 1. The fourth-order valence-corrected chi connectivity index (χ4v) is 1.04. The van der Waals surface area contributed by atoms with Crippen LogP contribution in [0.5, 0.6) is 0 Å². The van der Waals surface area contributed by atoms with Crippen molar-refractivity contribution in [2.75, 3.05) is 6.54 Å². The third-order valence-corrected chi connectivity index (χ3v) is 1.90. The highest BCUT2D eigenvalue weighted by Crippen LogP contribution is 2.00. The molecule has 0 aliphatic rings. The van der Waals surface area contributed by atoms with E-state index in [1.54, 1.807) is 0 Å². The van der Waals surface area contributed by atoms with Crippen LogP contribution in [-0.2, 0) is 4.79 Å². The summed E-state index contributed by atoms with van der Waals surface area (Å²) in [7, 11) is 0. The lowest BCUT2D eigenvalue weighted by atomic mass is 10.2. The van der Waals surface area contributed by atoms with Crippen LogP contribution in [-0.4, -0.2) is 34.4 Å². The van der Waals surface area contributed by atoms with Gasteiger partial charge in [0.15, 0.2) is 0 Å². The molecule has 90 valence electrons. The average molecular weight is 237 g/mol. The van der Waals surface area contributed by atoms with Crippen LogP contribution in [0, 0.1) is 0 Å². The van der Waals surface area contributed by atoms with Crippen molar-refractivity contribution in [3.63, 3.8) is 0 Å². The van der Waals surface area contributed by atoms with E-state index in [0.717, 1.165) is 6.20 Å². The minimum absolute atomic E-state index is 0.00122. The number of nitrogens with one attached hydrogen (secondary N) is 1. The molecule has 0 saturated carbocycles. The molecule has 7 nitrogen and oxygen atoms in total. The van der Waals surface area contributed by atoms with E-state index in [1.165, 1.54) is 12.1 Å². The van der Waals surface area contributed by atoms with Gasteiger partial charge < -0.3 is 16.2 Å². The number of aromatic carboxylic acids is 1. The Morgan fingerprint density at radius 2 is 2.06 bits per heavy atom. The summed E-state index contributed by atoms with van der Waals surface area (Å²) in [5.41, 5.74) is 4.98. The summed E-state index contributed by atoms with van der Waals surface area (Å²) >= 11 is 0. The van der Waals surface area contributed by atoms with Gasteiger partial charge in [0.1, 0.15) is 5.69 Å². The van der Waals surface area contributed by atoms with Crippen LogP contribution in [0.1, 0.15) is 27.3 Å². The van der Waals surface area contributed by atoms with Gasteiger partial charge in [-0.25, -0.2) is 4.79 Å². The molecule has 1 aromatic heterocycles. The molecular weight excluding hydrogens is 226 g/mol. The fraction of sp³-hybridized carbons (Fsp3) is 0.200. The van der Waals surface area contributed by atoms with Crippen molar-refractivity contribution < 1.29 is 19.5 Å². The minimum atomic E-state index is -1.11. The van der Waals surface area contributed by atoms with Crippen molar-refractivity contribution in [3.05, 3.63) is 29.6 Å². The molecule has 1 rings (SSSR count). The molecule has 0 spiro atoms. The number of hydrogen-bond acceptors (Lipinski definition) is 4. The molecule has 4 N–H and O–H groups in total. The number of amides is 2. The predicted octanol–water partition coefficient (Wildman–Crippen LogP) is -0.615. The first-order chi connectivity index (χ1) is 8.00. The molecule has 7 heteroatoms. The Kier molecular flexibility index (Phi) is 4.15. The van der Waals surface area contributed by atoms with E-state index in [1.807, 2.05) is 0 Å². The number of nitrogens with zero attached hydrogens (tertiary/aromatic N) is 1. The highest BCUT2D eigenvalue weighted by Gasteiger charge is 2.09. The molecule has 2 amide bonds. The minimum Gasteiger partial charge on any atom is -0.478 e. The summed E-state index contributed by atoms with van der Waals surface area (Å²) in [5, 5.41) is 11.1. The molecule has 1 aromatic rings. The molecular formula is C10H11N3O4. The van der Waals surface area contributed by atoms with Gasteiger partial charge in [-0.15, -0.1) is 0 Å². The normalized spacial score (nSPS) is 9.65. The van der Waals surface area contributed by atoms with Gasteiger partial charge in [0.25, 0.3) is 5.91 Å². The second-order valence-corrected chi connectivity index (χ2v) is 3.21. The zero-order chi connectivity index (χ0) is 12.8. The maximum Gasteiger partial charge on any atom is 0.337 e. The van der Waals surface area contributed by atoms with Gasteiger partial charge in [0.2, 0.25) is 5.91 Å². The lowest BCUT2D eigenvalue weighted by molar-refractivity contribution is -0.117. The number of primary amides is 1. The average Bonchev–Trinajstić information content (AvgIpc) is 2.28. The largest absolute Gasteiger partial charge is 0.478 e. The van der Waals surface area contributed by atoms with E-state index in [-0.39, 0.29) is 24.2 Å². The van der Waals surface area contributed by atoms with E-state index < -0.39 is 17.8 Å². The lowest BCUT2D eigenvalue weighted by Crippen LogP contribution is -2.28. The topological polar surface area (TPSA) is 122 Å². The van der Waals surface area contributed by atoms with E-state index in [2.05, 4.69) is 10.3 Å². The van der Waals surface area contributed by atoms with E-state index in [4.69, 9.17) is 10.8 Å². The molecule has 0 radical (unpaired) electrons. The number of rotatable bonds is 5. The number of carbonyl (C=O) groups excluding carboxylic acids is 2. The molecule has 0 aliphatic carbocycles. The highest BCUT2D eigenvalue weighted by atomic mass is 16.4. The predicted molar refractivity (Wildman–Crippen MR) is 57.3 cm³/mol. The molecule has 17 heavy (non-hydrogen) atoms. The molecule has 0 saturated heterocycles. The van der Waals surface area contributed by atoms with Crippen LogP contribution in [0.2, 0.25) is 0 Å². The van der Waals surface area contributed by atoms with E-state index in [0.29, 0.717) is 0 Å². The Morgan fingerprint density at radius 3 is 2.53 bits per heavy atom. The molecule has 0 atom stereocenters. The van der Waals surface area contributed by atoms with Crippen molar-refractivity contribution in [2.45, 2.75) is 6.42 Å². The van der Waals surface area contributed by atoms with Crippen LogP contribution in [0.15, 0.2) is 18.3 Å². The summed E-state index contributed by atoms with van der Waals surface area (Å²) in [6.07, 6.45) is 1.13. The quantitative estimate of drug-likeness (QED) is 0.630. The third-order valence-electron chi connectivity index (χ3n) is 1.90. The first-order valence-corrected chi connectivity index (χ1v) is 4.76. The molecule has 0 bridgehead atoms. The monoisotopic (exact) mass is 237 g/mol. The number of aromatic nitrogens is 1.